The second-order valence-electron chi connectivity index (χ2n) is 22.1. The first kappa shape index (κ1) is 61.6. The summed E-state index contributed by atoms with van der Waals surface area (Å²) in [7, 11) is 0. The van der Waals surface area contributed by atoms with Crippen LogP contribution in [-0.2, 0) is 35.2 Å². The Morgan fingerprint density at radius 3 is 1.85 bits per heavy atom. The van der Waals surface area contributed by atoms with Crippen LogP contribution in [0.4, 0.5) is 11.4 Å². The number of carbonyl (C=O) groups excluding carboxylic acids is 7. The van der Waals surface area contributed by atoms with Crippen LogP contribution < -0.4 is 46.9 Å². The standard InChI is InChI=1S/C59H84N10O12/c1-4-5-6-7-8-9-10-32-81-46-24-20-43(21-25-46)67-30-28-66(29-31-67)42-18-16-40(17-19-42)53(74)62-47-12-11-27-61-56(77)49-33-41(60)35-68(49)58(79)51(37(2)70)65-55(76)48(26-15-39-13-22-44(72)23-14-39)63-57(78)50-34-45(73)36-69(50)59(80)52(38(3)71)64-54(47)75/h13-14,16-25,37-38,41,45,47-52,70-73H,4-12,15,26-36,60H2,1-3H3,(H,61,77)(H,62,74)(H,63,78)(H,64,75)(H,65,76)/t37-,38-,41+,45-,47+,48+,49+,50+,51+,52+/m1/s1. The lowest BCUT2D eigenvalue weighted by Gasteiger charge is -2.37. The highest BCUT2D eigenvalue weighted by atomic mass is 16.5. The molecule has 4 aliphatic heterocycles. The maximum atomic E-state index is 14.4. The number of nitrogens with one attached hydrogen (secondary N) is 5. The minimum atomic E-state index is -1.67. The monoisotopic (exact) mass is 1120 g/mol. The van der Waals surface area contributed by atoms with E-state index in [1.807, 2.05) is 24.3 Å². The summed E-state index contributed by atoms with van der Waals surface area (Å²) in [6.07, 6.45) is 4.28. The van der Waals surface area contributed by atoms with Gasteiger partial charge in [-0.25, -0.2) is 0 Å². The van der Waals surface area contributed by atoms with Crippen LogP contribution in [-0.4, -0.2) is 185 Å². The Hall–Kier alpha value is -7.01. The third-order valence-electron chi connectivity index (χ3n) is 15.8. The van der Waals surface area contributed by atoms with Gasteiger partial charge in [-0.1, -0.05) is 57.6 Å². The number of phenols is 1. The van der Waals surface area contributed by atoms with Crippen LogP contribution in [0.25, 0.3) is 0 Å². The fraction of sp³-hybridized carbons (Fsp3) is 0.576. The van der Waals surface area contributed by atoms with Crippen molar-refractivity contribution in [2.45, 2.75) is 165 Å². The number of hydrogen-bond acceptors (Lipinski definition) is 15. The van der Waals surface area contributed by atoms with Gasteiger partial charge >= 0.3 is 0 Å². The van der Waals surface area contributed by atoms with E-state index in [-0.39, 0.29) is 69.5 Å². The summed E-state index contributed by atoms with van der Waals surface area (Å²) in [6, 6.07) is 12.2. The summed E-state index contributed by atoms with van der Waals surface area (Å²) in [5.74, 6) is -4.64. The van der Waals surface area contributed by atoms with Crippen molar-refractivity contribution in [3.8, 4) is 11.5 Å². The molecule has 11 N–H and O–H groups in total. The van der Waals surface area contributed by atoms with Gasteiger partial charge in [0.2, 0.25) is 35.4 Å². The molecule has 3 aromatic rings. The van der Waals surface area contributed by atoms with Crippen molar-refractivity contribution in [1.29, 1.82) is 0 Å². The molecule has 0 radical (unpaired) electrons. The van der Waals surface area contributed by atoms with Crippen LogP contribution in [0.15, 0.2) is 72.8 Å². The van der Waals surface area contributed by atoms with Crippen LogP contribution in [0.3, 0.4) is 0 Å². The highest BCUT2D eigenvalue weighted by Crippen LogP contribution is 2.26. The van der Waals surface area contributed by atoms with E-state index < -0.39 is 102 Å². The number of nitrogens with zero attached hydrogens (tertiary/aromatic N) is 4. The highest BCUT2D eigenvalue weighted by Gasteiger charge is 2.46. The Morgan fingerprint density at radius 1 is 0.691 bits per heavy atom. The summed E-state index contributed by atoms with van der Waals surface area (Å²) in [5.41, 5.74) is 9.23. The highest BCUT2D eigenvalue weighted by molar-refractivity contribution is 6.00. The molecule has 4 saturated heterocycles. The van der Waals surface area contributed by atoms with Crippen LogP contribution >= 0.6 is 0 Å². The lowest BCUT2D eigenvalue weighted by atomic mass is 10.0. The first-order valence-electron chi connectivity index (χ1n) is 28.9. The molecule has 4 aliphatic rings. The average molecular weight is 1130 g/mol. The van der Waals surface area contributed by atoms with E-state index in [0.717, 1.165) is 54.6 Å². The largest absolute Gasteiger partial charge is 0.508 e. The van der Waals surface area contributed by atoms with Crippen molar-refractivity contribution in [3.05, 3.63) is 83.9 Å². The second-order valence-corrected chi connectivity index (χ2v) is 22.1. The Balaban J connectivity index is 1.04. The zero-order valence-electron chi connectivity index (χ0n) is 47.0. The smallest absolute Gasteiger partial charge is 0.251 e. The lowest BCUT2D eigenvalue weighted by molar-refractivity contribution is -0.145. The van der Waals surface area contributed by atoms with Crippen molar-refractivity contribution in [1.82, 2.24) is 36.4 Å². The molecule has 22 nitrogen and oxygen atoms in total. The van der Waals surface area contributed by atoms with Gasteiger partial charge in [0.05, 0.1) is 24.9 Å². The summed E-state index contributed by atoms with van der Waals surface area (Å²) in [6.45, 7) is 8.02. The van der Waals surface area contributed by atoms with Crippen molar-refractivity contribution in [2.75, 3.05) is 62.2 Å². The van der Waals surface area contributed by atoms with Gasteiger partial charge in [0, 0.05) is 75.2 Å². The molecule has 442 valence electrons. The van der Waals surface area contributed by atoms with Crippen molar-refractivity contribution < 1.29 is 58.7 Å². The fourth-order valence-electron chi connectivity index (χ4n) is 11.0. The Bertz CT molecular complexity index is 2580. The van der Waals surface area contributed by atoms with E-state index in [9.17, 15) is 54.0 Å². The number of aliphatic hydroxyl groups is 3. The maximum absolute atomic E-state index is 14.4. The molecule has 0 saturated carbocycles. The van der Waals surface area contributed by atoms with E-state index in [1.54, 1.807) is 24.3 Å². The zero-order valence-corrected chi connectivity index (χ0v) is 47.0. The summed E-state index contributed by atoms with van der Waals surface area (Å²) < 4.78 is 6.01. The number of piperazine rings is 1. The van der Waals surface area contributed by atoms with Crippen molar-refractivity contribution in [3.63, 3.8) is 0 Å². The van der Waals surface area contributed by atoms with Crippen LogP contribution in [0.2, 0.25) is 0 Å². The molecule has 0 aromatic heterocycles. The van der Waals surface area contributed by atoms with E-state index in [0.29, 0.717) is 12.2 Å². The number of amides is 7. The quantitative estimate of drug-likeness (QED) is 0.0810. The number of aromatic hydroxyl groups is 1. The van der Waals surface area contributed by atoms with Gasteiger partial charge in [-0.3, -0.25) is 33.6 Å². The van der Waals surface area contributed by atoms with E-state index in [2.05, 4.69) is 55.4 Å². The number of fused-ring (bicyclic) bond motifs is 2. The molecule has 4 heterocycles. The Labute approximate surface area is 474 Å². The third kappa shape index (κ3) is 17.0. The molecule has 81 heavy (non-hydrogen) atoms. The molecule has 0 bridgehead atoms. The first-order chi connectivity index (χ1) is 38.9. The number of anilines is 2. The number of nitrogens with two attached hydrogens (primary N) is 1. The van der Waals surface area contributed by atoms with Crippen molar-refractivity contribution in [2.24, 2.45) is 5.73 Å². The molecule has 0 spiro atoms. The first-order valence-corrected chi connectivity index (χ1v) is 28.9. The second kappa shape index (κ2) is 29.6. The van der Waals surface area contributed by atoms with Crippen LogP contribution in [0.5, 0.6) is 11.5 Å². The van der Waals surface area contributed by atoms with Gasteiger partial charge in [-0.15, -0.1) is 0 Å². The summed E-state index contributed by atoms with van der Waals surface area (Å²) >= 11 is 0. The predicted molar refractivity (Wildman–Crippen MR) is 304 cm³/mol. The maximum Gasteiger partial charge on any atom is 0.251 e. The van der Waals surface area contributed by atoms with E-state index in [4.69, 9.17) is 10.5 Å². The van der Waals surface area contributed by atoms with E-state index in [1.165, 1.54) is 69.4 Å². The van der Waals surface area contributed by atoms with Crippen LogP contribution in [0, 0.1) is 0 Å². The topological polar surface area (TPSA) is 309 Å². The number of rotatable bonds is 18. The number of hydrogen-bond donors (Lipinski definition) is 10. The molecule has 4 fully saturated rings. The molecule has 22 heteroatoms. The van der Waals surface area contributed by atoms with Gasteiger partial charge in [-0.2, -0.15) is 0 Å². The van der Waals surface area contributed by atoms with Gasteiger partial charge in [0.15, 0.2) is 0 Å². The van der Waals surface area contributed by atoms with Gasteiger partial charge < -0.3 is 77.1 Å². The van der Waals surface area contributed by atoms with Crippen LogP contribution in [0.1, 0.15) is 114 Å². The summed E-state index contributed by atoms with van der Waals surface area (Å²) in [4.78, 5) is 106. The molecule has 0 aliphatic carbocycles. The minimum Gasteiger partial charge on any atom is -0.508 e. The molecule has 0 unspecified atom stereocenters. The number of aliphatic hydroxyl groups excluding tert-OH is 3. The molecule has 7 rings (SSSR count). The number of carbonyl (C=O) groups is 7. The minimum absolute atomic E-state index is 0.00591. The molecular weight excluding hydrogens is 1040 g/mol. The lowest BCUT2D eigenvalue weighted by Crippen LogP contribution is -2.61. The molecular formula is C59H84N10O12. The molecule has 7 amide bonds. The number of unbranched alkanes of at least 4 members (excludes halogenated alkanes) is 6. The molecule has 3 aromatic carbocycles. The SMILES string of the molecule is CCCCCCCCCOc1ccc(N2CCN(c3ccc(C(=O)N[C@H]4CCCNC(=O)[C@@H]5C[C@H](N)CN5C(=O)[C@H]([C@@H](C)O)NC(=O)[C@H](CCc5ccc(O)cc5)NC(=O)[C@@H]5C[C@@H](O)CN5C(=O)[C@H]([C@@H](C)O)NC4=O)cc3)CC2)cc1. The third-order valence-corrected chi connectivity index (χ3v) is 15.8. The number of aryl methyl sites for hydroxylation is 1. The van der Waals surface area contributed by atoms with Crippen molar-refractivity contribution >= 4 is 52.7 Å². The van der Waals surface area contributed by atoms with Gasteiger partial charge in [0.1, 0.15) is 47.8 Å². The fourth-order valence-corrected chi connectivity index (χ4v) is 11.0. The Morgan fingerprint density at radius 2 is 1.25 bits per heavy atom. The normalized spacial score (nSPS) is 25.4. The van der Waals surface area contributed by atoms with Gasteiger partial charge in [0.25, 0.3) is 5.91 Å². The zero-order chi connectivity index (χ0) is 58.2. The van der Waals surface area contributed by atoms with Gasteiger partial charge in [-0.05, 0) is 119 Å². The number of ether oxygens (including phenoxy) is 1. The predicted octanol–water partition coefficient (Wildman–Crippen LogP) is 1.60. The molecule has 10 atom stereocenters. The average Bonchev–Trinajstić information content (AvgIpc) is 4.24. The number of benzene rings is 3. The Kier molecular flexibility index (Phi) is 22.5. The summed E-state index contributed by atoms with van der Waals surface area (Å²) in [5, 5.41) is 56.2. The number of phenolic OH excluding ortho intramolecular Hbond substituents is 1. The van der Waals surface area contributed by atoms with E-state index >= 15 is 0 Å².